The van der Waals surface area contributed by atoms with Crippen molar-refractivity contribution in [1.29, 1.82) is 0 Å². The van der Waals surface area contributed by atoms with Crippen molar-refractivity contribution in [1.82, 2.24) is 0 Å². The molecule has 0 radical (unpaired) electrons. The van der Waals surface area contributed by atoms with Gasteiger partial charge in [-0.1, -0.05) is 6.92 Å². The first-order valence-corrected chi connectivity index (χ1v) is 3.40. The Morgan fingerprint density at radius 3 is 2.40 bits per heavy atom. The summed E-state index contributed by atoms with van der Waals surface area (Å²) in [5.41, 5.74) is 5.15. The predicted octanol–water partition coefficient (Wildman–Crippen LogP) is 0.677. The number of carbonyl (C=O) groups is 1. The van der Waals surface area contributed by atoms with E-state index >= 15 is 0 Å². The molecule has 0 rings (SSSR count). The van der Waals surface area contributed by atoms with Crippen LogP contribution in [0.1, 0.15) is 27.2 Å². The van der Waals surface area contributed by atoms with Gasteiger partial charge in [0.1, 0.15) is 6.61 Å². The van der Waals surface area contributed by atoms with E-state index in [0.29, 0.717) is 13.0 Å². The summed E-state index contributed by atoms with van der Waals surface area (Å²) in [5, 5.41) is 0. The van der Waals surface area contributed by atoms with Gasteiger partial charge in [-0.25, -0.2) is 0 Å². The van der Waals surface area contributed by atoms with Crippen molar-refractivity contribution in [3.63, 3.8) is 0 Å². The molecule has 0 spiro atoms. The molecule has 60 valence electrons. The summed E-state index contributed by atoms with van der Waals surface area (Å²) in [4.78, 5) is 10.6. The zero-order valence-corrected chi connectivity index (χ0v) is 6.81. The molecule has 0 aromatic heterocycles. The van der Waals surface area contributed by atoms with Gasteiger partial charge in [0.05, 0.1) is 0 Å². The number of hydrogen-bond acceptors (Lipinski definition) is 3. The van der Waals surface area contributed by atoms with Gasteiger partial charge in [0.2, 0.25) is 0 Å². The van der Waals surface area contributed by atoms with Gasteiger partial charge in [-0.3, -0.25) is 4.79 Å². The van der Waals surface area contributed by atoms with Gasteiger partial charge in [-0.15, -0.1) is 0 Å². The number of nitrogens with two attached hydrogens (primary N) is 1. The van der Waals surface area contributed by atoms with Crippen molar-refractivity contribution in [2.45, 2.75) is 32.7 Å². The lowest BCUT2D eigenvalue weighted by molar-refractivity contribution is -0.144. The van der Waals surface area contributed by atoms with Crippen LogP contribution in [0, 0.1) is 0 Å². The molecular formula is C7H15NO2. The summed E-state index contributed by atoms with van der Waals surface area (Å²) in [6.07, 6.45) is 0.413. The molecule has 0 atom stereocenters. The molecule has 3 heteroatoms. The molecular weight excluding hydrogens is 130 g/mol. The van der Waals surface area contributed by atoms with Crippen molar-refractivity contribution in [3.8, 4) is 0 Å². The fraction of sp³-hybridized carbons (Fsp3) is 0.857. The monoisotopic (exact) mass is 145 g/mol. The first-order chi connectivity index (χ1) is 4.45. The maximum Gasteiger partial charge on any atom is 0.305 e. The average molecular weight is 145 g/mol. The van der Waals surface area contributed by atoms with Gasteiger partial charge in [-0.05, 0) is 13.8 Å². The summed E-state index contributed by atoms with van der Waals surface area (Å²) >= 11 is 0. The number of ether oxygens (including phenoxy) is 1. The van der Waals surface area contributed by atoms with Gasteiger partial charge in [0, 0.05) is 12.0 Å². The zero-order valence-electron chi connectivity index (χ0n) is 6.81. The maximum atomic E-state index is 10.6. The lowest BCUT2D eigenvalue weighted by Gasteiger charge is -2.17. The number of esters is 1. The van der Waals surface area contributed by atoms with E-state index in [2.05, 4.69) is 0 Å². The fourth-order valence-corrected chi connectivity index (χ4v) is 0.369. The summed E-state index contributed by atoms with van der Waals surface area (Å²) in [5.74, 6) is -0.196. The predicted molar refractivity (Wildman–Crippen MR) is 39.5 cm³/mol. The Labute approximate surface area is 61.5 Å². The van der Waals surface area contributed by atoms with Crippen LogP contribution in [0.25, 0.3) is 0 Å². The third kappa shape index (κ3) is 5.56. The van der Waals surface area contributed by atoms with Crippen molar-refractivity contribution in [2.24, 2.45) is 5.73 Å². The molecule has 0 aliphatic heterocycles. The lowest BCUT2D eigenvalue weighted by Crippen LogP contribution is -2.38. The van der Waals surface area contributed by atoms with E-state index in [1.807, 2.05) is 13.8 Å². The summed E-state index contributed by atoms with van der Waals surface area (Å²) in [6, 6.07) is 0. The second-order valence-corrected chi connectivity index (χ2v) is 3.00. The largest absolute Gasteiger partial charge is 0.464 e. The van der Waals surface area contributed by atoms with Gasteiger partial charge < -0.3 is 10.5 Å². The smallest absolute Gasteiger partial charge is 0.305 e. The third-order valence-corrected chi connectivity index (χ3v) is 0.894. The van der Waals surface area contributed by atoms with E-state index in [-0.39, 0.29) is 5.97 Å². The van der Waals surface area contributed by atoms with Crippen LogP contribution in [0.2, 0.25) is 0 Å². The zero-order chi connectivity index (χ0) is 8.20. The van der Waals surface area contributed by atoms with E-state index < -0.39 is 5.54 Å². The quantitative estimate of drug-likeness (QED) is 0.594. The molecule has 0 saturated carbocycles. The first kappa shape index (κ1) is 9.43. The minimum absolute atomic E-state index is 0.196. The summed E-state index contributed by atoms with van der Waals surface area (Å²) in [7, 11) is 0. The minimum Gasteiger partial charge on any atom is -0.464 e. The van der Waals surface area contributed by atoms with Gasteiger partial charge in [0.25, 0.3) is 0 Å². The molecule has 0 aliphatic rings. The van der Waals surface area contributed by atoms with E-state index in [0.717, 1.165) is 0 Å². The van der Waals surface area contributed by atoms with Crippen LogP contribution >= 0.6 is 0 Å². The lowest BCUT2D eigenvalue weighted by atomic mass is 10.1. The molecule has 0 fully saturated rings. The van der Waals surface area contributed by atoms with Crippen LogP contribution in [-0.4, -0.2) is 18.1 Å². The molecule has 0 bridgehead atoms. The second-order valence-electron chi connectivity index (χ2n) is 3.00. The Kier molecular flexibility index (Phi) is 3.36. The summed E-state index contributed by atoms with van der Waals surface area (Å²) < 4.78 is 4.79. The molecule has 0 amide bonds. The van der Waals surface area contributed by atoms with E-state index in [1.54, 1.807) is 6.92 Å². The SMILES string of the molecule is CCC(=O)OCC(C)(C)N. The van der Waals surface area contributed by atoms with Crippen LogP contribution in [0.3, 0.4) is 0 Å². The van der Waals surface area contributed by atoms with Gasteiger partial charge in [-0.2, -0.15) is 0 Å². The molecule has 0 aliphatic carbocycles. The fourth-order valence-electron chi connectivity index (χ4n) is 0.369. The van der Waals surface area contributed by atoms with E-state index in [1.165, 1.54) is 0 Å². The van der Waals surface area contributed by atoms with Crippen molar-refractivity contribution in [3.05, 3.63) is 0 Å². The molecule has 0 saturated heterocycles. The number of hydrogen-bond donors (Lipinski definition) is 1. The van der Waals surface area contributed by atoms with Crippen LogP contribution < -0.4 is 5.73 Å². The van der Waals surface area contributed by atoms with Crippen LogP contribution in [-0.2, 0) is 9.53 Å². The Morgan fingerprint density at radius 1 is 1.60 bits per heavy atom. The second kappa shape index (κ2) is 3.56. The van der Waals surface area contributed by atoms with Crippen molar-refractivity contribution in [2.75, 3.05) is 6.61 Å². The summed E-state index contributed by atoms with van der Waals surface area (Å²) in [6.45, 7) is 5.68. The van der Waals surface area contributed by atoms with Crippen molar-refractivity contribution < 1.29 is 9.53 Å². The molecule has 3 nitrogen and oxygen atoms in total. The van der Waals surface area contributed by atoms with E-state index in [4.69, 9.17) is 10.5 Å². The molecule has 0 heterocycles. The number of carbonyl (C=O) groups excluding carboxylic acids is 1. The highest BCUT2D eigenvalue weighted by Gasteiger charge is 2.12. The van der Waals surface area contributed by atoms with Crippen LogP contribution in [0.4, 0.5) is 0 Å². The van der Waals surface area contributed by atoms with Crippen LogP contribution in [0.15, 0.2) is 0 Å². The Morgan fingerprint density at radius 2 is 2.10 bits per heavy atom. The Bertz CT molecular complexity index is 115. The highest BCUT2D eigenvalue weighted by Crippen LogP contribution is 1.97. The van der Waals surface area contributed by atoms with Crippen molar-refractivity contribution >= 4 is 5.97 Å². The number of rotatable bonds is 3. The molecule has 2 N–H and O–H groups in total. The van der Waals surface area contributed by atoms with Gasteiger partial charge in [0.15, 0.2) is 0 Å². The topological polar surface area (TPSA) is 52.3 Å². The van der Waals surface area contributed by atoms with Gasteiger partial charge >= 0.3 is 5.97 Å². The average Bonchev–Trinajstić information content (AvgIpc) is 1.81. The molecule has 0 aromatic carbocycles. The highest BCUT2D eigenvalue weighted by molar-refractivity contribution is 5.68. The Balaban J connectivity index is 3.46. The first-order valence-electron chi connectivity index (χ1n) is 3.40. The maximum absolute atomic E-state index is 10.6. The van der Waals surface area contributed by atoms with E-state index in [9.17, 15) is 4.79 Å². The normalized spacial score (nSPS) is 11.2. The Hall–Kier alpha value is -0.570. The molecule has 10 heavy (non-hydrogen) atoms. The highest BCUT2D eigenvalue weighted by atomic mass is 16.5. The molecule has 0 unspecified atom stereocenters. The third-order valence-electron chi connectivity index (χ3n) is 0.894. The standard InChI is InChI=1S/C7H15NO2/c1-4-6(9)10-5-7(2,3)8/h4-5,8H2,1-3H3. The molecule has 0 aromatic rings. The van der Waals surface area contributed by atoms with Crippen LogP contribution in [0.5, 0.6) is 0 Å². The minimum atomic E-state index is -0.412.